The molecule has 0 saturated carbocycles. The van der Waals surface area contributed by atoms with E-state index in [-0.39, 0.29) is 12.5 Å². The minimum Gasteiger partial charge on any atom is -0.394 e. The van der Waals surface area contributed by atoms with Crippen LogP contribution in [0.4, 0.5) is 0 Å². The lowest BCUT2D eigenvalue weighted by atomic mass is 10.0. The third-order valence-corrected chi connectivity index (χ3v) is 3.67. The Labute approximate surface area is 119 Å². The molecule has 1 amide bonds. The summed E-state index contributed by atoms with van der Waals surface area (Å²) in [5.74, 6) is -0.106. The van der Waals surface area contributed by atoms with Gasteiger partial charge < -0.3 is 10.0 Å². The molecule has 0 fully saturated rings. The van der Waals surface area contributed by atoms with E-state index in [2.05, 4.69) is 4.98 Å². The van der Waals surface area contributed by atoms with E-state index in [1.54, 1.807) is 18.0 Å². The lowest BCUT2D eigenvalue weighted by Gasteiger charge is -2.34. The van der Waals surface area contributed by atoms with E-state index in [1.165, 1.54) is 0 Å². The van der Waals surface area contributed by atoms with E-state index >= 15 is 0 Å². The highest BCUT2D eigenvalue weighted by Crippen LogP contribution is 2.22. The molecule has 2 rings (SSSR count). The van der Waals surface area contributed by atoms with Gasteiger partial charge in [0.05, 0.1) is 23.2 Å². The molecule has 0 unspecified atom stereocenters. The van der Waals surface area contributed by atoms with Gasteiger partial charge in [0.1, 0.15) is 0 Å². The average molecular weight is 272 g/mol. The van der Waals surface area contributed by atoms with E-state index in [0.717, 1.165) is 16.6 Å². The van der Waals surface area contributed by atoms with E-state index in [9.17, 15) is 9.90 Å². The summed E-state index contributed by atoms with van der Waals surface area (Å²) < 4.78 is 0. The first kappa shape index (κ1) is 14.5. The third-order valence-electron chi connectivity index (χ3n) is 3.67. The number of pyridine rings is 1. The van der Waals surface area contributed by atoms with Crippen LogP contribution in [0.25, 0.3) is 10.9 Å². The summed E-state index contributed by atoms with van der Waals surface area (Å²) in [4.78, 5) is 18.7. The molecule has 1 heterocycles. The van der Waals surface area contributed by atoms with E-state index < -0.39 is 5.54 Å². The summed E-state index contributed by atoms with van der Waals surface area (Å²) in [7, 11) is 1.71. The van der Waals surface area contributed by atoms with Crippen LogP contribution in [-0.4, -0.2) is 40.1 Å². The molecule has 0 saturated heterocycles. The number of rotatable bonds is 3. The molecule has 0 aliphatic heterocycles. The number of para-hydroxylation sites is 1. The van der Waals surface area contributed by atoms with Crippen LogP contribution in [0.1, 0.15) is 29.9 Å². The first-order chi connectivity index (χ1) is 9.36. The summed E-state index contributed by atoms with van der Waals surface area (Å²) in [6.07, 6.45) is 0. The summed E-state index contributed by atoms with van der Waals surface area (Å²) in [6, 6.07) is 9.40. The fourth-order valence-electron chi connectivity index (χ4n) is 2.05. The molecule has 0 aliphatic rings. The number of aliphatic hydroxyl groups excluding tert-OH is 1. The molecule has 0 aliphatic carbocycles. The average Bonchev–Trinajstić information content (AvgIpc) is 2.44. The van der Waals surface area contributed by atoms with Crippen molar-refractivity contribution >= 4 is 16.8 Å². The van der Waals surface area contributed by atoms with Gasteiger partial charge in [0.25, 0.3) is 5.91 Å². The quantitative estimate of drug-likeness (QED) is 0.933. The number of carbonyl (C=O) groups excluding carboxylic acids is 1. The molecule has 20 heavy (non-hydrogen) atoms. The maximum Gasteiger partial charge on any atom is 0.254 e. The molecule has 0 atom stereocenters. The molecule has 1 aromatic heterocycles. The van der Waals surface area contributed by atoms with Crippen LogP contribution in [0, 0.1) is 6.92 Å². The Balaban J connectivity index is 2.55. The zero-order valence-electron chi connectivity index (χ0n) is 12.3. The Kier molecular flexibility index (Phi) is 3.77. The molecular weight excluding hydrogens is 252 g/mol. The predicted octanol–water partition coefficient (Wildman–Crippen LogP) is 2.39. The number of hydrogen-bond acceptors (Lipinski definition) is 3. The second kappa shape index (κ2) is 5.21. The van der Waals surface area contributed by atoms with E-state index in [4.69, 9.17) is 0 Å². The molecular formula is C16H20N2O2. The number of fused-ring (bicyclic) bond motifs is 1. The van der Waals surface area contributed by atoms with Gasteiger partial charge in [-0.25, -0.2) is 0 Å². The van der Waals surface area contributed by atoms with E-state index in [0.29, 0.717) is 5.56 Å². The van der Waals surface area contributed by atoms with Gasteiger partial charge in [-0.05, 0) is 32.9 Å². The van der Waals surface area contributed by atoms with Crippen LogP contribution in [0.15, 0.2) is 30.3 Å². The molecule has 0 spiro atoms. The van der Waals surface area contributed by atoms with E-state index in [1.807, 2.05) is 45.0 Å². The van der Waals surface area contributed by atoms with Crippen LogP contribution in [0.2, 0.25) is 0 Å². The fraction of sp³-hybridized carbons (Fsp3) is 0.375. The number of amides is 1. The zero-order chi connectivity index (χ0) is 14.9. The van der Waals surface area contributed by atoms with Crippen LogP contribution >= 0.6 is 0 Å². The predicted molar refractivity (Wildman–Crippen MR) is 79.7 cm³/mol. The Bertz CT molecular complexity index is 650. The molecule has 2 aromatic rings. The molecule has 4 nitrogen and oxygen atoms in total. The second-order valence-electron chi connectivity index (χ2n) is 5.66. The van der Waals surface area contributed by atoms with Gasteiger partial charge in [-0.15, -0.1) is 0 Å². The van der Waals surface area contributed by atoms with Gasteiger partial charge in [0.2, 0.25) is 0 Å². The molecule has 1 N–H and O–H groups in total. The monoisotopic (exact) mass is 272 g/mol. The zero-order valence-corrected chi connectivity index (χ0v) is 12.3. The van der Waals surface area contributed by atoms with Crippen LogP contribution < -0.4 is 0 Å². The van der Waals surface area contributed by atoms with Crippen LogP contribution in [-0.2, 0) is 0 Å². The number of hydrogen-bond donors (Lipinski definition) is 1. The lowest BCUT2D eigenvalue weighted by molar-refractivity contribution is 0.0475. The van der Waals surface area contributed by atoms with Crippen molar-refractivity contribution in [3.8, 4) is 0 Å². The van der Waals surface area contributed by atoms with Gasteiger partial charge in [-0.3, -0.25) is 9.78 Å². The number of benzene rings is 1. The van der Waals surface area contributed by atoms with Crippen molar-refractivity contribution in [2.45, 2.75) is 26.3 Å². The first-order valence-electron chi connectivity index (χ1n) is 6.62. The number of aryl methyl sites for hydroxylation is 1. The largest absolute Gasteiger partial charge is 0.394 e. The maximum absolute atomic E-state index is 12.7. The highest BCUT2D eigenvalue weighted by molar-refractivity contribution is 6.06. The van der Waals surface area contributed by atoms with Gasteiger partial charge in [-0.1, -0.05) is 18.2 Å². The highest BCUT2D eigenvalue weighted by atomic mass is 16.3. The first-order valence-corrected chi connectivity index (χ1v) is 6.62. The van der Waals surface area contributed by atoms with Gasteiger partial charge >= 0.3 is 0 Å². The van der Waals surface area contributed by atoms with Crippen molar-refractivity contribution in [3.63, 3.8) is 0 Å². The highest BCUT2D eigenvalue weighted by Gasteiger charge is 2.28. The number of nitrogens with zero attached hydrogens (tertiary/aromatic N) is 2. The van der Waals surface area contributed by atoms with Gasteiger partial charge in [0, 0.05) is 18.1 Å². The minimum absolute atomic E-state index is 0.0861. The molecule has 0 radical (unpaired) electrons. The number of aliphatic hydroxyl groups is 1. The molecule has 106 valence electrons. The molecule has 4 heteroatoms. The SMILES string of the molecule is Cc1cc(C(=O)N(C)C(C)(C)CO)c2ccccc2n1. The van der Waals surface area contributed by atoms with Crippen LogP contribution in [0.5, 0.6) is 0 Å². The maximum atomic E-state index is 12.7. The number of likely N-dealkylation sites (N-methyl/N-ethyl adjacent to an activating group) is 1. The van der Waals surface area contributed by atoms with Crippen molar-refractivity contribution in [1.29, 1.82) is 0 Å². The third kappa shape index (κ3) is 2.51. The van der Waals surface area contributed by atoms with Crippen molar-refractivity contribution in [1.82, 2.24) is 9.88 Å². The van der Waals surface area contributed by atoms with Gasteiger partial charge in [0.15, 0.2) is 0 Å². The van der Waals surface area contributed by atoms with Crippen molar-refractivity contribution < 1.29 is 9.90 Å². The topological polar surface area (TPSA) is 53.4 Å². The van der Waals surface area contributed by atoms with Crippen LogP contribution in [0.3, 0.4) is 0 Å². The van der Waals surface area contributed by atoms with Crippen molar-refractivity contribution in [2.75, 3.05) is 13.7 Å². The summed E-state index contributed by atoms with van der Waals surface area (Å²) in [6.45, 7) is 5.46. The standard InChI is InChI=1S/C16H20N2O2/c1-11-9-13(12-7-5-6-8-14(12)17-11)15(20)18(4)16(2,3)10-19/h5-9,19H,10H2,1-4H3. The lowest BCUT2D eigenvalue weighted by Crippen LogP contribution is -2.47. The molecule has 1 aromatic carbocycles. The Morgan fingerprint density at radius 3 is 2.65 bits per heavy atom. The van der Waals surface area contributed by atoms with Gasteiger partial charge in [-0.2, -0.15) is 0 Å². The number of carbonyl (C=O) groups is 1. The fourth-order valence-corrected chi connectivity index (χ4v) is 2.05. The smallest absolute Gasteiger partial charge is 0.254 e. The van der Waals surface area contributed by atoms with Crippen molar-refractivity contribution in [3.05, 3.63) is 41.6 Å². The Morgan fingerprint density at radius 1 is 1.35 bits per heavy atom. The second-order valence-corrected chi connectivity index (χ2v) is 5.66. The Hall–Kier alpha value is -1.94. The summed E-state index contributed by atoms with van der Waals surface area (Å²) >= 11 is 0. The van der Waals surface area contributed by atoms with Crippen molar-refractivity contribution in [2.24, 2.45) is 0 Å². The Morgan fingerprint density at radius 2 is 2.00 bits per heavy atom. The summed E-state index contributed by atoms with van der Waals surface area (Å²) in [5, 5.41) is 10.3. The normalized spacial score (nSPS) is 11.7. The minimum atomic E-state index is -0.602. The number of aromatic nitrogens is 1. The summed E-state index contributed by atoms with van der Waals surface area (Å²) in [5.41, 5.74) is 1.64. The molecule has 0 bridgehead atoms.